The highest BCUT2D eigenvalue weighted by atomic mass is 16.7. The molecule has 1 saturated heterocycles. The van der Waals surface area contributed by atoms with Crippen LogP contribution in [0.25, 0.3) is 0 Å². The van der Waals surface area contributed by atoms with Gasteiger partial charge in [-0.1, -0.05) is 166 Å². The van der Waals surface area contributed by atoms with E-state index in [4.69, 9.17) is 9.47 Å². The van der Waals surface area contributed by atoms with Crippen molar-refractivity contribution in [3.63, 3.8) is 0 Å². The normalized spacial score (nSPS) is 21.6. The first-order valence-corrected chi connectivity index (χ1v) is 22.7. The first-order valence-electron chi connectivity index (χ1n) is 22.7. The molecule has 1 aliphatic rings. The Bertz CT molecular complexity index is 956. The van der Waals surface area contributed by atoms with E-state index in [1.54, 1.807) is 6.08 Å². The van der Waals surface area contributed by atoms with E-state index in [-0.39, 0.29) is 12.5 Å². The summed E-state index contributed by atoms with van der Waals surface area (Å²) in [5.74, 6) is -0.196. The summed E-state index contributed by atoms with van der Waals surface area (Å²) >= 11 is 0. The van der Waals surface area contributed by atoms with E-state index in [1.165, 1.54) is 116 Å². The van der Waals surface area contributed by atoms with Crippen molar-refractivity contribution in [1.82, 2.24) is 5.32 Å². The highest BCUT2D eigenvalue weighted by molar-refractivity contribution is 5.76. The molecule has 0 saturated carbocycles. The van der Waals surface area contributed by atoms with Gasteiger partial charge in [0.15, 0.2) is 6.29 Å². The van der Waals surface area contributed by atoms with Gasteiger partial charge in [-0.05, 0) is 57.8 Å². The lowest BCUT2D eigenvalue weighted by atomic mass is 9.99. The van der Waals surface area contributed by atoms with Crippen molar-refractivity contribution < 1.29 is 39.8 Å². The standard InChI is InChI=1S/C46H85NO8/c1-3-5-7-9-11-13-15-17-19-20-22-23-25-27-29-31-33-35-40(49)39(38-54-46-45(53)44(52)43(51)41(37-48)55-46)47-42(50)36-34-32-30-28-26-24-21-18-16-14-12-10-8-6-4-2/h18,21,25,27,33,35,39-41,43-46,48-49,51-53H,3-17,19-20,22-24,26,28-32,34,36-38H2,1-2H3,(H,47,50)/b21-18-,27-25+,35-33+. The largest absolute Gasteiger partial charge is 0.394 e. The summed E-state index contributed by atoms with van der Waals surface area (Å²) in [4.78, 5) is 12.9. The maximum absolute atomic E-state index is 12.9. The van der Waals surface area contributed by atoms with Gasteiger partial charge in [-0.2, -0.15) is 0 Å². The predicted octanol–water partition coefficient (Wildman–Crippen LogP) is 9.28. The highest BCUT2D eigenvalue weighted by Gasteiger charge is 2.44. The van der Waals surface area contributed by atoms with Crippen LogP contribution in [0.2, 0.25) is 0 Å². The Morgan fingerprint density at radius 2 is 1.04 bits per heavy atom. The molecule has 7 unspecified atom stereocenters. The van der Waals surface area contributed by atoms with Gasteiger partial charge in [-0.25, -0.2) is 0 Å². The van der Waals surface area contributed by atoms with Gasteiger partial charge >= 0.3 is 0 Å². The van der Waals surface area contributed by atoms with E-state index in [1.807, 2.05) is 6.08 Å². The van der Waals surface area contributed by atoms with E-state index >= 15 is 0 Å². The summed E-state index contributed by atoms with van der Waals surface area (Å²) in [6.45, 7) is 3.74. The zero-order valence-corrected chi connectivity index (χ0v) is 35.2. The van der Waals surface area contributed by atoms with Crippen LogP contribution in [0.4, 0.5) is 0 Å². The van der Waals surface area contributed by atoms with Gasteiger partial charge in [0.25, 0.3) is 0 Å². The van der Waals surface area contributed by atoms with Crippen LogP contribution in [-0.4, -0.2) is 87.5 Å². The molecule has 1 fully saturated rings. The van der Waals surface area contributed by atoms with Gasteiger partial charge in [0.2, 0.25) is 5.91 Å². The molecule has 1 rings (SSSR count). The van der Waals surface area contributed by atoms with Crippen molar-refractivity contribution >= 4 is 5.91 Å². The minimum Gasteiger partial charge on any atom is -0.394 e. The van der Waals surface area contributed by atoms with Crippen LogP contribution >= 0.6 is 0 Å². The number of unbranched alkanes of at least 4 members (excludes halogenated alkanes) is 23. The summed E-state index contributed by atoms with van der Waals surface area (Å²) < 4.78 is 11.2. The van der Waals surface area contributed by atoms with Crippen LogP contribution in [0.5, 0.6) is 0 Å². The van der Waals surface area contributed by atoms with Crippen LogP contribution in [0, 0.1) is 0 Å². The molecule has 1 aliphatic heterocycles. The van der Waals surface area contributed by atoms with E-state index in [0.717, 1.165) is 57.8 Å². The summed E-state index contributed by atoms with van der Waals surface area (Å²) in [5, 5.41) is 54.1. The van der Waals surface area contributed by atoms with Crippen molar-refractivity contribution in [1.29, 1.82) is 0 Å². The number of allylic oxidation sites excluding steroid dienone is 5. The molecule has 0 aliphatic carbocycles. The Labute approximate surface area is 336 Å². The number of carbonyl (C=O) groups is 1. The van der Waals surface area contributed by atoms with Gasteiger partial charge in [0.1, 0.15) is 24.4 Å². The Hall–Kier alpha value is -1.59. The van der Waals surface area contributed by atoms with Crippen molar-refractivity contribution in [2.75, 3.05) is 13.2 Å². The van der Waals surface area contributed by atoms with Crippen molar-refractivity contribution in [2.24, 2.45) is 0 Å². The molecule has 1 heterocycles. The molecule has 9 nitrogen and oxygen atoms in total. The number of amides is 1. The average molecular weight is 780 g/mol. The molecule has 55 heavy (non-hydrogen) atoms. The SMILES string of the molecule is CCCCCCCC/C=C\CCCCCCCC(=O)NC(COC1OC(CO)C(O)C(O)C1O)C(O)/C=C/CC/C=C/CCCCCCCCCCCCC. The minimum absolute atomic E-state index is 0.196. The average Bonchev–Trinajstić information content (AvgIpc) is 3.18. The lowest BCUT2D eigenvalue weighted by Crippen LogP contribution is -2.60. The highest BCUT2D eigenvalue weighted by Crippen LogP contribution is 2.22. The van der Waals surface area contributed by atoms with Gasteiger partial charge in [0, 0.05) is 6.42 Å². The number of nitrogens with one attached hydrogen (secondary N) is 1. The third-order valence-corrected chi connectivity index (χ3v) is 10.7. The van der Waals surface area contributed by atoms with E-state index < -0.39 is 49.5 Å². The molecule has 1 amide bonds. The van der Waals surface area contributed by atoms with Crippen molar-refractivity contribution in [3.05, 3.63) is 36.5 Å². The topological polar surface area (TPSA) is 149 Å². The molecule has 0 spiro atoms. The number of hydrogen-bond acceptors (Lipinski definition) is 8. The molecular weight excluding hydrogens is 695 g/mol. The van der Waals surface area contributed by atoms with Crippen LogP contribution in [0.3, 0.4) is 0 Å². The second-order valence-electron chi connectivity index (χ2n) is 15.8. The number of rotatable bonds is 37. The lowest BCUT2D eigenvalue weighted by molar-refractivity contribution is -0.302. The molecule has 6 N–H and O–H groups in total. The second-order valence-corrected chi connectivity index (χ2v) is 15.8. The third kappa shape index (κ3) is 27.6. The Balaban J connectivity index is 2.41. The molecular formula is C46H85NO8. The smallest absolute Gasteiger partial charge is 0.220 e. The Morgan fingerprint density at radius 1 is 0.600 bits per heavy atom. The molecule has 0 aromatic heterocycles. The molecule has 0 aromatic carbocycles. The van der Waals surface area contributed by atoms with Crippen LogP contribution in [-0.2, 0) is 14.3 Å². The van der Waals surface area contributed by atoms with Gasteiger partial charge in [0.05, 0.1) is 25.4 Å². The molecule has 0 aromatic rings. The van der Waals surface area contributed by atoms with E-state index in [9.17, 15) is 30.3 Å². The molecule has 322 valence electrons. The zero-order chi connectivity index (χ0) is 40.2. The molecule has 0 radical (unpaired) electrons. The van der Waals surface area contributed by atoms with Crippen LogP contribution < -0.4 is 5.32 Å². The number of hydrogen-bond donors (Lipinski definition) is 6. The maximum Gasteiger partial charge on any atom is 0.220 e. The number of carbonyl (C=O) groups excluding carboxylic acids is 1. The Kier molecular flexibility index (Phi) is 34.3. The predicted molar refractivity (Wildman–Crippen MR) is 226 cm³/mol. The van der Waals surface area contributed by atoms with Gasteiger partial charge in [-0.15, -0.1) is 0 Å². The molecule has 7 atom stereocenters. The first kappa shape index (κ1) is 51.4. The van der Waals surface area contributed by atoms with Gasteiger partial charge in [-0.3, -0.25) is 4.79 Å². The lowest BCUT2D eigenvalue weighted by Gasteiger charge is -2.40. The molecule has 0 bridgehead atoms. The molecule has 9 heteroatoms. The van der Waals surface area contributed by atoms with Crippen molar-refractivity contribution in [2.45, 2.75) is 236 Å². The van der Waals surface area contributed by atoms with Crippen molar-refractivity contribution in [3.8, 4) is 0 Å². The summed E-state index contributed by atoms with van der Waals surface area (Å²) in [5.41, 5.74) is 0. The minimum atomic E-state index is -1.57. The maximum atomic E-state index is 12.9. The first-order chi connectivity index (χ1) is 26.8. The Morgan fingerprint density at radius 3 is 1.53 bits per heavy atom. The number of aliphatic hydroxyl groups excluding tert-OH is 5. The summed E-state index contributed by atoms with van der Waals surface area (Å²) in [7, 11) is 0. The van der Waals surface area contributed by atoms with Crippen LogP contribution in [0.1, 0.15) is 194 Å². The fourth-order valence-corrected chi connectivity index (χ4v) is 6.99. The number of ether oxygens (including phenoxy) is 2. The summed E-state index contributed by atoms with van der Waals surface area (Å²) in [6.07, 6.45) is 37.6. The summed E-state index contributed by atoms with van der Waals surface area (Å²) in [6, 6.07) is -0.823. The van der Waals surface area contributed by atoms with E-state index in [2.05, 4.69) is 43.5 Å². The van der Waals surface area contributed by atoms with E-state index in [0.29, 0.717) is 6.42 Å². The monoisotopic (exact) mass is 780 g/mol. The zero-order valence-electron chi connectivity index (χ0n) is 35.2. The quantitative estimate of drug-likeness (QED) is 0.0270. The van der Waals surface area contributed by atoms with Gasteiger partial charge < -0.3 is 40.3 Å². The second kappa shape index (κ2) is 36.7. The fraction of sp³-hybridized carbons (Fsp3) is 0.848. The van der Waals surface area contributed by atoms with Crippen LogP contribution in [0.15, 0.2) is 36.5 Å². The third-order valence-electron chi connectivity index (χ3n) is 10.7. The number of aliphatic hydroxyl groups is 5. The fourth-order valence-electron chi connectivity index (χ4n) is 6.99.